The van der Waals surface area contributed by atoms with Crippen LogP contribution in [0.1, 0.15) is 0 Å². The molecular formula is C6H3BrN3O2+. The Balaban J connectivity index is 3.34. The highest BCUT2D eigenvalue weighted by Gasteiger charge is 2.23. The van der Waals surface area contributed by atoms with Gasteiger partial charge in [-0.1, -0.05) is 15.9 Å². The maximum absolute atomic E-state index is 10.3. The van der Waals surface area contributed by atoms with E-state index in [0.717, 1.165) is 0 Å². The maximum atomic E-state index is 10.3. The first-order chi connectivity index (χ1) is 5.65. The second-order valence-electron chi connectivity index (χ2n) is 1.99. The summed E-state index contributed by atoms with van der Waals surface area (Å²) in [5, 5.41) is 18.7. The predicted molar refractivity (Wildman–Crippen MR) is 45.5 cm³/mol. The highest BCUT2D eigenvalue weighted by Crippen LogP contribution is 2.29. The van der Waals surface area contributed by atoms with E-state index in [1.54, 1.807) is 6.07 Å². The molecule has 0 unspecified atom stereocenters. The van der Waals surface area contributed by atoms with Gasteiger partial charge in [0.1, 0.15) is 0 Å². The van der Waals surface area contributed by atoms with Crippen molar-refractivity contribution in [1.29, 1.82) is 5.39 Å². The van der Waals surface area contributed by atoms with Crippen LogP contribution in [0.3, 0.4) is 0 Å². The number of hydrogen-bond donors (Lipinski definition) is 0. The lowest BCUT2D eigenvalue weighted by Gasteiger charge is -1.87. The van der Waals surface area contributed by atoms with Crippen molar-refractivity contribution in [2.24, 2.45) is 0 Å². The van der Waals surface area contributed by atoms with Crippen LogP contribution in [0.5, 0.6) is 0 Å². The van der Waals surface area contributed by atoms with Gasteiger partial charge in [-0.05, 0) is 6.07 Å². The summed E-state index contributed by atoms with van der Waals surface area (Å²) in [5.41, 5.74) is -0.282. The Hall–Kier alpha value is -1.48. The van der Waals surface area contributed by atoms with Gasteiger partial charge in [-0.25, -0.2) is 0 Å². The second kappa shape index (κ2) is 3.28. The predicted octanol–water partition coefficient (Wildman–Crippen LogP) is 2.84. The first-order valence-corrected chi connectivity index (χ1v) is 3.73. The van der Waals surface area contributed by atoms with Crippen molar-refractivity contribution in [3.63, 3.8) is 0 Å². The molecule has 1 rings (SSSR count). The molecule has 0 saturated heterocycles. The zero-order chi connectivity index (χ0) is 9.14. The number of halogens is 1. The van der Waals surface area contributed by atoms with Gasteiger partial charge in [0.05, 0.1) is 4.92 Å². The van der Waals surface area contributed by atoms with Gasteiger partial charge >= 0.3 is 11.4 Å². The van der Waals surface area contributed by atoms with Crippen molar-refractivity contribution < 1.29 is 4.92 Å². The van der Waals surface area contributed by atoms with Crippen LogP contribution in [0, 0.1) is 15.5 Å². The van der Waals surface area contributed by atoms with Gasteiger partial charge in [0, 0.05) is 16.6 Å². The highest BCUT2D eigenvalue weighted by atomic mass is 79.9. The van der Waals surface area contributed by atoms with Crippen LogP contribution in [-0.4, -0.2) is 4.92 Å². The van der Waals surface area contributed by atoms with Crippen molar-refractivity contribution in [3.8, 4) is 0 Å². The molecule has 0 N–H and O–H groups in total. The van der Waals surface area contributed by atoms with Crippen molar-refractivity contribution in [3.05, 3.63) is 37.8 Å². The number of rotatable bonds is 1. The van der Waals surface area contributed by atoms with Gasteiger partial charge in [0.15, 0.2) is 4.98 Å². The standard InChI is InChI=1S/C6H3BrN3O2/c7-4-1-2-5(9-8)6(3-4)10(11)12/h1-3H/q+1. The zero-order valence-corrected chi connectivity index (χ0v) is 7.35. The fourth-order valence-corrected chi connectivity index (χ4v) is 1.08. The summed E-state index contributed by atoms with van der Waals surface area (Å²) >= 11 is 3.07. The van der Waals surface area contributed by atoms with Crippen molar-refractivity contribution in [2.45, 2.75) is 0 Å². The third kappa shape index (κ3) is 1.57. The van der Waals surface area contributed by atoms with E-state index in [9.17, 15) is 10.1 Å². The molecule has 60 valence electrons. The Morgan fingerprint density at radius 2 is 2.25 bits per heavy atom. The third-order valence-corrected chi connectivity index (χ3v) is 1.74. The van der Waals surface area contributed by atoms with Gasteiger partial charge < -0.3 is 0 Å². The van der Waals surface area contributed by atoms with Gasteiger partial charge in [0.25, 0.3) is 0 Å². The quantitative estimate of drug-likeness (QED) is 0.422. The molecule has 0 fully saturated rings. The van der Waals surface area contributed by atoms with Crippen molar-refractivity contribution >= 4 is 27.3 Å². The summed E-state index contributed by atoms with van der Waals surface area (Å²) in [6.07, 6.45) is 0. The van der Waals surface area contributed by atoms with E-state index in [2.05, 4.69) is 20.9 Å². The minimum absolute atomic E-state index is 0.0526. The number of nitrogens with zero attached hydrogens (tertiary/aromatic N) is 3. The van der Waals surface area contributed by atoms with Crippen LogP contribution in [-0.2, 0) is 0 Å². The largest absolute Gasteiger partial charge is 0.461 e. The van der Waals surface area contributed by atoms with E-state index in [4.69, 9.17) is 5.39 Å². The first-order valence-electron chi connectivity index (χ1n) is 2.94. The minimum Gasteiger partial charge on any atom is -0.258 e. The summed E-state index contributed by atoms with van der Waals surface area (Å²) in [6, 6.07) is 4.18. The van der Waals surface area contributed by atoms with E-state index in [0.29, 0.717) is 4.47 Å². The monoisotopic (exact) mass is 228 g/mol. The van der Waals surface area contributed by atoms with Crippen molar-refractivity contribution in [1.82, 2.24) is 0 Å². The molecule has 0 heterocycles. The average molecular weight is 229 g/mol. The van der Waals surface area contributed by atoms with Crippen molar-refractivity contribution in [2.75, 3.05) is 0 Å². The summed E-state index contributed by atoms with van der Waals surface area (Å²) in [6.45, 7) is 0. The normalized spacial score (nSPS) is 9.00. The summed E-state index contributed by atoms with van der Waals surface area (Å²) in [5.74, 6) is 0. The Kier molecular flexibility index (Phi) is 2.35. The fraction of sp³-hybridized carbons (Fsp3) is 0. The van der Waals surface area contributed by atoms with E-state index >= 15 is 0 Å². The van der Waals surface area contributed by atoms with Crippen LogP contribution in [0.2, 0.25) is 0 Å². The maximum Gasteiger partial charge on any atom is 0.461 e. The molecule has 0 aliphatic rings. The summed E-state index contributed by atoms with van der Waals surface area (Å²) in [4.78, 5) is 12.5. The lowest BCUT2D eigenvalue weighted by atomic mass is 10.3. The number of hydrogen-bond acceptors (Lipinski definition) is 3. The number of nitro groups is 1. The lowest BCUT2D eigenvalue weighted by molar-refractivity contribution is -0.383. The molecule has 0 aromatic heterocycles. The fourth-order valence-electron chi connectivity index (χ4n) is 0.727. The summed E-state index contributed by atoms with van der Waals surface area (Å²) in [7, 11) is 0. The highest BCUT2D eigenvalue weighted by molar-refractivity contribution is 9.10. The minimum atomic E-state index is -0.611. The van der Waals surface area contributed by atoms with Crippen LogP contribution < -0.4 is 0 Å². The molecular weight excluding hydrogens is 226 g/mol. The molecule has 0 radical (unpaired) electrons. The van der Waals surface area contributed by atoms with Crippen LogP contribution in [0.25, 0.3) is 4.98 Å². The van der Waals surface area contributed by atoms with Crippen LogP contribution in [0.4, 0.5) is 11.4 Å². The topological polar surface area (TPSA) is 71.3 Å². The lowest BCUT2D eigenvalue weighted by Crippen LogP contribution is -1.87. The molecule has 1 aromatic carbocycles. The van der Waals surface area contributed by atoms with Gasteiger partial charge in [-0.3, -0.25) is 10.1 Å². The third-order valence-electron chi connectivity index (χ3n) is 1.24. The number of nitro benzene ring substituents is 1. The Morgan fingerprint density at radius 1 is 1.58 bits per heavy atom. The van der Waals surface area contributed by atoms with E-state index in [-0.39, 0.29) is 11.4 Å². The number of diazo groups is 1. The molecule has 5 nitrogen and oxygen atoms in total. The zero-order valence-electron chi connectivity index (χ0n) is 5.77. The molecule has 0 bridgehead atoms. The molecule has 1 aromatic rings. The number of benzene rings is 1. The van der Waals surface area contributed by atoms with Gasteiger partial charge in [-0.2, -0.15) is 0 Å². The van der Waals surface area contributed by atoms with Gasteiger partial charge in [0.2, 0.25) is 5.39 Å². The molecule has 0 saturated carbocycles. The Labute approximate surface area is 75.9 Å². The Bertz CT molecular complexity index is 372. The molecule has 0 aliphatic carbocycles. The molecule has 12 heavy (non-hydrogen) atoms. The van der Waals surface area contributed by atoms with E-state index < -0.39 is 4.92 Å². The molecule has 0 atom stereocenters. The first kappa shape index (κ1) is 8.62. The SMILES string of the molecule is N#[N+]c1ccc(Br)cc1[N+](=O)[O-]. The van der Waals surface area contributed by atoms with Crippen LogP contribution in [0.15, 0.2) is 22.7 Å². The van der Waals surface area contributed by atoms with Gasteiger partial charge in [-0.15, -0.1) is 0 Å². The smallest absolute Gasteiger partial charge is 0.258 e. The van der Waals surface area contributed by atoms with E-state index in [1.165, 1.54) is 12.1 Å². The summed E-state index contributed by atoms with van der Waals surface area (Å²) < 4.78 is 0.571. The molecule has 6 heteroatoms. The average Bonchev–Trinajstić information content (AvgIpc) is 2.04. The molecule has 0 aliphatic heterocycles. The molecule has 0 spiro atoms. The van der Waals surface area contributed by atoms with E-state index in [1.807, 2.05) is 0 Å². The molecule has 0 amide bonds. The Morgan fingerprint density at radius 3 is 2.75 bits per heavy atom. The van der Waals surface area contributed by atoms with Crippen LogP contribution >= 0.6 is 15.9 Å². The second-order valence-corrected chi connectivity index (χ2v) is 2.91.